The molecule has 0 fully saturated rings. The standard InChI is InChI=1S/C15H14Br2N2O2/c1-9-6-11(3-4-12(9)16)21-8-15(20)19-14-5-2-10(18)7-13(14)17/h2-7H,8,18H2,1H3,(H,19,20). The van der Waals surface area contributed by atoms with Gasteiger partial charge in [-0.3, -0.25) is 4.79 Å². The summed E-state index contributed by atoms with van der Waals surface area (Å²) in [5.74, 6) is 0.420. The summed E-state index contributed by atoms with van der Waals surface area (Å²) in [5.41, 5.74) is 7.98. The second-order valence-corrected chi connectivity index (χ2v) is 6.20. The lowest BCUT2D eigenvalue weighted by molar-refractivity contribution is -0.118. The van der Waals surface area contributed by atoms with Crippen molar-refractivity contribution in [1.82, 2.24) is 0 Å². The summed E-state index contributed by atoms with van der Waals surface area (Å²) in [5, 5.41) is 2.76. The van der Waals surface area contributed by atoms with Crippen molar-refractivity contribution in [2.24, 2.45) is 0 Å². The highest BCUT2D eigenvalue weighted by Gasteiger charge is 2.07. The van der Waals surface area contributed by atoms with Gasteiger partial charge in [0.1, 0.15) is 5.75 Å². The molecule has 21 heavy (non-hydrogen) atoms. The zero-order chi connectivity index (χ0) is 15.4. The van der Waals surface area contributed by atoms with E-state index < -0.39 is 0 Å². The first-order chi connectivity index (χ1) is 9.95. The van der Waals surface area contributed by atoms with Crippen molar-refractivity contribution >= 4 is 49.1 Å². The first-order valence-corrected chi connectivity index (χ1v) is 7.78. The van der Waals surface area contributed by atoms with E-state index >= 15 is 0 Å². The third kappa shape index (κ3) is 4.47. The molecular formula is C15H14Br2N2O2. The molecule has 0 radical (unpaired) electrons. The van der Waals surface area contributed by atoms with Crippen LogP contribution < -0.4 is 15.8 Å². The number of carbonyl (C=O) groups excluding carboxylic acids is 1. The Balaban J connectivity index is 1.94. The highest BCUT2D eigenvalue weighted by atomic mass is 79.9. The van der Waals surface area contributed by atoms with E-state index in [0.29, 0.717) is 17.1 Å². The number of aryl methyl sites for hydroxylation is 1. The van der Waals surface area contributed by atoms with Crippen molar-refractivity contribution in [3.8, 4) is 5.75 Å². The number of nitrogens with two attached hydrogens (primary N) is 1. The van der Waals surface area contributed by atoms with Gasteiger partial charge in [0, 0.05) is 14.6 Å². The Morgan fingerprint density at radius 3 is 2.62 bits per heavy atom. The summed E-state index contributed by atoms with van der Waals surface area (Å²) >= 11 is 6.77. The van der Waals surface area contributed by atoms with Crippen molar-refractivity contribution in [2.45, 2.75) is 6.92 Å². The fraction of sp³-hybridized carbons (Fsp3) is 0.133. The van der Waals surface area contributed by atoms with Gasteiger partial charge in [0.05, 0.1) is 5.69 Å². The molecule has 4 nitrogen and oxygen atoms in total. The Labute approximate surface area is 139 Å². The number of carbonyl (C=O) groups is 1. The largest absolute Gasteiger partial charge is 0.484 e. The van der Waals surface area contributed by atoms with Crippen LogP contribution in [0.1, 0.15) is 5.56 Å². The number of nitrogens with one attached hydrogen (secondary N) is 1. The van der Waals surface area contributed by atoms with Gasteiger partial charge in [0.15, 0.2) is 6.61 Å². The van der Waals surface area contributed by atoms with Crippen LogP contribution in [0.5, 0.6) is 5.75 Å². The molecule has 0 bridgehead atoms. The van der Waals surface area contributed by atoms with Crippen LogP contribution in [-0.4, -0.2) is 12.5 Å². The van der Waals surface area contributed by atoms with Crippen LogP contribution in [0.25, 0.3) is 0 Å². The molecular weight excluding hydrogens is 400 g/mol. The molecule has 0 heterocycles. The van der Waals surface area contributed by atoms with Crippen molar-refractivity contribution in [1.29, 1.82) is 0 Å². The number of nitrogen functional groups attached to an aromatic ring is 1. The first-order valence-electron chi connectivity index (χ1n) is 6.19. The quantitative estimate of drug-likeness (QED) is 0.741. The number of hydrogen-bond donors (Lipinski definition) is 2. The van der Waals surface area contributed by atoms with Crippen molar-refractivity contribution in [3.63, 3.8) is 0 Å². The SMILES string of the molecule is Cc1cc(OCC(=O)Nc2ccc(N)cc2Br)ccc1Br. The molecule has 6 heteroatoms. The van der Waals surface area contributed by atoms with Crippen LogP contribution in [0.3, 0.4) is 0 Å². The van der Waals surface area contributed by atoms with Crippen LogP contribution >= 0.6 is 31.9 Å². The molecule has 0 spiro atoms. The van der Waals surface area contributed by atoms with E-state index in [-0.39, 0.29) is 12.5 Å². The Morgan fingerprint density at radius 1 is 1.19 bits per heavy atom. The summed E-state index contributed by atoms with van der Waals surface area (Å²) < 4.78 is 7.20. The predicted molar refractivity (Wildman–Crippen MR) is 91.6 cm³/mol. The minimum atomic E-state index is -0.235. The summed E-state index contributed by atoms with van der Waals surface area (Å²) in [6.45, 7) is 1.90. The van der Waals surface area contributed by atoms with Crippen LogP contribution in [-0.2, 0) is 4.79 Å². The van der Waals surface area contributed by atoms with E-state index in [1.165, 1.54) is 0 Å². The van der Waals surface area contributed by atoms with Gasteiger partial charge in [-0.15, -0.1) is 0 Å². The Kier molecular flexibility index (Phi) is 5.25. The van der Waals surface area contributed by atoms with Gasteiger partial charge in [-0.05, 0) is 64.8 Å². The number of anilines is 2. The molecule has 110 valence electrons. The maximum atomic E-state index is 11.9. The molecule has 2 rings (SSSR count). The molecule has 0 aliphatic carbocycles. The molecule has 2 aromatic carbocycles. The van der Waals surface area contributed by atoms with Crippen LogP contribution in [0.4, 0.5) is 11.4 Å². The van der Waals surface area contributed by atoms with E-state index in [4.69, 9.17) is 10.5 Å². The van der Waals surface area contributed by atoms with E-state index in [0.717, 1.165) is 14.5 Å². The maximum Gasteiger partial charge on any atom is 0.262 e. The summed E-state index contributed by atoms with van der Waals surface area (Å²) in [6.07, 6.45) is 0. The number of benzene rings is 2. The fourth-order valence-corrected chi connectivity index (χ4v) is 2.42. The Morgan fingerprint density at radius 2 is 1.95 bits per heavy atom. The van der Waals surface area contributed by atoms with E-state index in [1.807, 2.05) is 25.1 Å². The third-order valence-corrected chi connectivity index (χ3v) is 4.31. The Bertz CT molecular complexity index is 675. The molecule has 3 N–H and O–H groups in total. The average Bonchev–Trinajstić information content (AvgIpc) is 2.43. The lowest BCUT2D eigenvalue weighted by atomic mass is 10.2. The highest BCUT2D eigenvalue weighted by Crippen LogP contribution is 2.25. The number of amides is 1. The monoisotopic (exact) mass is 412 g/mol. The van der Waals surface area contributed by atoms with E-state index in [9.17, 15) is 4.79 Å². The zero-order valence-corrected chi connectivity index (χ0v) is 14.5. The molecule has 0 saturated heterocycles. The average molecular weight is 414 g/mol. The maximum absolute atomic E-state index is 11.9. The van der Waals surface area contributed by atoms with E-state index in [1.54, 1.807) is 18.2 Å². The minimum absolute atomic E-state index is 0.0576. The molecule has 0 aromatic heterocycles. The molecule has 0 unspecified atom stereocenters. The molecule has 0 saturated carbocycles. The number of rotatable bonds is 4. The number of hydrogen-bond acceptors (Lipinski definition) is 3. The number of ether oxygens (including phenoxy) is 1. The van der Waals surface area contributed by atoms with E-state index in [2.05, 4.69) is 37.2 Å². The first kappa shape index (κ1) is 15.9. The molecule has 1 amide bonds. The summed E-state index contributed by atoms with van der Waals surface area (Å²) in [7, 11) is 0. The Hall–Kier alpha value is -1.53. The van der Waals surface area contributed by atoms with Gasteiger partial charge in [0.2, 0.25) is 0 Å². The van der Waals surface area contributed by atoms with Gasteiger partial charge in [-0.2, -0.15) is 0 Å². The topological polar surface area (TPSA) is 64.3 Å². The predicted octanol–water partition coefficient (Wildman–Crippen LogP) is 4.12. The van der Waals surface area contributed by atoms with Crippen LogP contribution in [0.15, 0.2) is 45.3 Å². The third-order valence-electron chi connectivity index (χ3n) is 2.77. The van der Waals surface area contributed by atoms with Gasteiger partial charge in [-0.1, -0.05) is 15.9 Å². The molecule has 0 aliphatic heterocycles. The number of halogens is 2. The lowest BCUT2D eigenvalue weighted by Crippen LogP contribution is -2.20. The molecule has 2 aromatic rings. The summed E-state index contributed by atoms with van der Waals surface area (Å²) in [6, 6.07) is 10.8. The highest BCUT2D eigenvalue weighted by molar-refractivity contribution is 9.10. The van der Waals surface area contributed by atoms with Gasteiger partial charge >= 0.3 is 0 Å². The second kappa shape index (κ2) is 6.95. The second-order valence-electron chi connectivity index (χ2n) is 4.49. The van der Waals surface area contributed by atoms with Crippen molar-refractivity contribution in [2.75, 3.05) is 17.7 Å². The lowest BCUT2D eigenvalue weighted by Gasteiger charge is -2.10. The van der Waals surface area contributed by atoms with Gasteiger partial charge in [-0.25, -0.2) is 0 Å². The molecule has 0 atom stereocenters. The molecule has 0 aliphatic rings. The fourth-order valence-electron chi connectivity index (χ4n) is 1.67. The van der Waals surface area contributed by atoms with Gasteiger partial charge in [0.25, 0.3) is 5.91 Å². The smallest absolute Gasteiger partial charge is 0.262 e. The normalized spacial score (nSPS) is 10.2. The van der Waals surface area contributed by atoms with Crippen LogP contribution in [0, 0.1) is 6.92 Å². The van der Waals surface area contributed by atoms with Crippen molar-refractivity contribution < 1.29 is 9.53 Å². The van der Waals surface area contributed by atoms with Crippen molar-refractivity contribution in [3.05, 3.63) is 50.9 Å². The minimum Gasteiger partial charge on any atom is -0.484 e. The zero-order valence-electron chi connectivity index (χ0n) is 11.3. The summed E-state index contributed by atoms with van der Waals surface area (Å²) in [4.78, 5) is 11.9. The van der Waals surface area contributed by atoms with Crippen LogP contribution in [0.2, 0.25) is 0 Å². The van der Waals surface area contributed by atoms with Gasteiger partial charge < -0.3 is 15.8 Å².